The Labute approximate surface area is 118 Å². The Hall–Kier alpha value is -1.25. The van der Waals surface area contributed by atoms with Crippen LogP contribution in [0.15, 0.2) is 21.7 Å². The van der Waals surface area contributed by atoms with Crippen molar-refractivity contribution in [2.75, 3.05) is 13.2 Å². The van der Waals surface area contributed by atoms with Crippen molar-refractivity contribution in [3.05, 3.63) is 37.2 Å². The maximum absolute atomic E-state index is 11.5. The van der Waals surface area contributed by atoms with Gasteiger partial charge in [-0.05, 0) is 29.8 Å². The highest BCUT2D eigenvalue weighted by molar-refractivity contribution is 9.10. The fourth-order valence-corrected chi connectivity index (χ4v) is 1.98. The summed E-state index contributed by atoms with van der Waals surface area (Å²) in [4.78, 5) is 21.6. The van der Waals surface area contributed by atoms with Crippen molar-refractivity contribution in [1.29, 1.82) is 0 Å². The number of hydrogen-bond donors (Lipinski definition) is 0. The lowest BCUT2D eigenvalue weighted by molar-refractivity contribution is -0.386. The van der Waals surface area contributed by atoms with Gasteiger partial charge >= 0.3 is 5.69 Å². The Bertz CT molecular complexity index is 496. The normalized spacial score (nSPS) is 10.9. The molecule has 0 aromatic carbocycles. The molecule has 0 unspecified atom stereocenters. The fourth-order valence-electron chi connectivity index (χ4n) is 1.51. The van der Waals surface area contributed by atoms with Crippen molar-refractivity contribution in [1.82, 2.24) is 4.57 Å². The number of hydrogen-bond acceptors (Lipinski definition) is 5. The maximum atomic E-state index is 11.5. The van der Waals surface area contributed by atoms with Gasteiger partial charge in [-0.1, -0.05) is 0 Å². The Morgan fingerprint density at radius 2 is 1.95 bits per heavy atom. The van der Waals surface area contributed by atoms with Crippen LogP contribution in [0.3, 0.4) is 0 Å². The standard InChI is InChI=1S/C11H15BrN2O5/c1-3-18-10(19-4-2)7-13-5-8(12)11(15)9(6-13)14(16)17/h5-6,10H,3-4,7H2,1-2H3. The van der Waals surface area contributed by atoms with Crippen LogP contribution in [0, 0.1) is 10.1 Å². The van der Waals surface area contributed by atoms with Crippen LogP contribution in [-0.4, -0.2) is 29.0 Å². The summed E-state index contributed by atoms with van der Waals surface area (Å²) in [7, 11) is 0. The highest BCUT2D eigenvalue weighted by atomic mass is 79.9. The van der Waals surface area contributed by atoms with Crippen molar-refractivity contribution >= 4 is 21.6 Å². The van der Waals surface area contributed by atoms with E-state index >= 15 is 0 Å². The molecule has 1 rings (SSSR count). The summed E-state index contributed by atoms with van der Waals surface area (Å²) in [5.74, 6) is 0. The summed E-state index contributed by atoms with van der Waals surface area (Å²) in [5, 5.41) is 10.8. The molecule has 0 aliphatic heterocycles. The zero-order valence-corrected chi connectivity index (χ0v) is 12.3. The molecule has 8 heteroatoms. The molecule has 0 radical (unpaired) electrons. The zero-order valence-electron chi connectivity index (χ0n) is 10.7. The number of rotatable bonds is 7. The first-order chi connectivity index (χ1) is 8.99. The van der Waals surface area contributed by atoms with Crippen molar-refractivity contribution in [2.24, 2.45) is 0 Å². The van der Waals surface area contributed by atoms with Crippen LogP contribution in [0.2, 0.25) is 0 Å². The third-order valence-electron chi connectivity index (χ3n) is 2.28. The third kappa shape index (κ3) is 4.41. The lowest BCUT2D eigenvalue weighted by Gasteiger charge is -2.18. The molecule has 1 aromatic heterocycles. The van der Waals surface area contributed by atoms with E-state index in [4.69, 9.17) is 9.47 Å². The largest absolute Gasteiger partial charge is 0.351 e. The van der Waals surface area contributed by atoms with Crippen molar-refractivity contribution in [2.45, 2.75) is 26.7 Å². The number of ether oxygens (including phenoxy) is 2. The molecule has 19 heavy (non-hydrogen) atoms. The lowest BCUT2D eigenvalue weighted by atomic mass is 10.4. The highest BCUT2D eigenvalue weighted by Gasteiger charge is 2.17. The second-order valence-corrected chi connectivity index (χ2v) is 4.47. The first-order valence-electron chi connectivity index (χ1n) is 5.76. The molecule has 0 aliphatic rings. The van der Waals surface area contributed by atoms with Crippen LogP contribution in [0.25, 0.3) is 0 Å². The molecule has 0 N–H and O–H groups in total. The summed E-state index contributed by atoms with van der Waals surface area (Å²) in [5.41, 5.74) is -1.13. The molecular formula is C11H15BrN2O5. The number of halogens is 1. The molecule has 0 saturated carbocycles. The van der Waals surface area contributed by atoms with E-state index in [2.05, 4.69) is 15.9 Å². The van der Waals surface area contributed by atoms with E-state index in [1.54, 1.807) is 0 Å². The summed E-state index contributed by atoms with van der Waals surface area (Å²) in [6, 6.07) is 0. The Balaban J connectivity index is 3.00. The fraction of sp³-hybridized carbons (Fsp3) is 0.545. The molecule has 0 atom stereocenters. The minimum absolute atomic E-state index is 0.133. The summed E-state index contributed by atoms with van der Waals surface area (Å²) >= 11 is 3.01. The molecule has 0 bridgehead atoms. The third-order valence-corrected chi connectivity index (χ3v) is 2.84. The van der Waals surface area contributed by atoms with Gasteiger partial charge in [-0.2, -0.15) is 0 Å². The van der Waals surface area contributed by atoms with Gasteiger partial charge in [-0.25, -0.2) is 0 Å². The average molecular weight is 335 g/mol. The molecule has 0 saturated heterocycles. The quantitative estimate of drug-likeness (QED) is 0.432. The van der Waals surface area contributed by atoms with Gasteiger partial charge in [0, 0.05) is 19.4 Å². The monoisotopic (exact) mass is 334 g/mol. The lowest BCUT2D eigenvalue weighted by Crippen LogP contribution is -2.25. The molecule has 0 aliphatic carbocycles. The predicted octanol–water partition coefficient (Wildman–Crippen LogP) is 1.92. The van der Waals surface area contributed by atoms with E-state index < -0.39 is 22.3 Å². The summed E-state index contributed by atoms with van der Waals surface area (Å²) in [6.07, 6.45) is 2.14. The Kier molecular flexibility index (Phi) is 6.13. The topological polar surface area (TPSA) is 83.6 Å². The van der Waals surface area contributed by atoms with Crippen LogP contribution in [0.4, 0.5) is 5.69 Å². The van der Waals surface area contributed by atoms with E-state index in [0.29, 0.717) is 13.2 Å². The molecule has 0 spiro atoms. The molecule has 7 nitrogen and oxygen atoms in total. The van der Waals surface area contributed by atoms with Gasteiger partial charge in [-0.3, -0.25) is 14.9 Å². The first-order valence-corrected chi connectivity index (χ1v) is 6.56. The zero-order chi connectivity index (χ0) is 14.4. The Morgan fingerprint density at radius 3 is 2.42 bits per heavy atom. The highest BCUT2D eigenvalue weighted by Crippen LogP contribution is 2.12. The summed E-state index contributed by atoms with van der Waals surface area (Å²) < 4.78 is 12.3. The first kappa shape index (κ1) is 15.8. The number of aromatic nitrogens is 1. The smallest absolute Gasteiger partial charge is 0.333 e. The van der Waals surface area contributed by atoms with Crippen molar-refractivity contribution in [3.63, 3.8) is 0 Å². The van der Waals surface area contributed by atoms with E-state index in [-0.39, 0.29) is 11.0 Å². The minimum Gasteiger partial charge on any atom is -0.351 e. The summed E-state index contributed by atoms with van der Waals surface area (Å²) in [6.45, 7) is 4.86. The van der Waals surface area contributed by atoms with Gasteiger partial charge in [0.15, 0.2) is 6.29 Å². The predicted molar refractivity (Wildman–Crippen MR) is 72.1 cm³/mol. The van der Waals surface area contributed by atoms with Gasteiger partial charge in [0.1, 0.15) is 0 Å². The minimum atomic E-state index is -0.708. The van der Waals surface area contributed by atoms with Crippen molar-refractivity contribution in [3.8, 4) is 0 Å². The van der Waals surface area contributed by atoms with E-state index in [1.807, 2.05) is 13.8 Å². The van der Waals surface area contributed by atoms with Crippen LogP contribution in [0.1, 0.15) is 13.8 Å². The van der Waals surface area contributed by atoms with Crippen LogP contribution in [0.5, 0.6) is 0 Å². The van der Waals surface area contributed by atoms with Crippen molar-refractivity contribution < 1.29 is 14.4 Å². The van der Waals surface area contributed by atoms with E-state index in [0.717, 1.165) is 0 Å². The molecule has 106 valence electrons. The van der Waals surface area contributed by atoms with Gasteiger partial charge in [0.25, 0.3) is 5.43 Å². The molecule has 1 aromatic rings. The van der Waals surface area contributed by atoms with Crippen LogP contribution in [-0.2, 0) is 16.0 Å². The van der Waals surface area contributed by atoms with Gasteiger partial charge in [0.05, 0.1) is 22.1 Å². The van der Waals surface area contributed by atoms with Gasteiger partial charge < -0.3 is 14.0 Å². The molecular weight excluding hydrogens is 320 g/mol. The van der Waals surface area contributed by atoms with Gasteiger partial charge in [-0.15, -0.1) is 0 Å². The number of pyridine rings is 1. The molecule has 0 fully saturated rings. The molecule has 0 amide bonds. The SMILES string of the molecule is CCOC(Cn1cc(Br)c(=O)c([N+](=O)[O-])c1)OCC. The van der Waals surface area contributed by atoms with Gasteiger partial charge in [0.2, 0.25) is 0 Å². The van der Waals surface area contributed by atoms with E-state index in [9.17, 15) is 14.9 Å². The second kappa shape index (κ2) is 7.37. The Morgan fingerprint density at radius 1 is 1.37 bits per heavy atom. The second-order valence-electron chi connectivity index (χ2n) is 3.61. The van der Waals surface area contributed by atoms with Crippen LogP contribution >= 0.6 is 15.9 Å². The van der Waals surface area contributed by atoms with Crippen LogP contribution < -0.4 is 5.43 Å². The number of nitrogens with zero attached hydrogens (tertiary/aromatic N) is 2. The molecule has 1 heterocycles. The van der Waals surface area contributed by atoms with E-state index in [1.165, 1.54) is 17.0 Å². The number of nitro groups is 1. The maximum Gasteiger partial charge on any atom is 0.333 e. The average Bonchev–Trinajstić information content (AvgIpc) is 2.33.